The van der Waals surface area contributed by atoms with Gasteiger partial charge in [0.05, 0.1) is 27.9 Å². The number of benzene rings is 2. The van der Waals surface area contributed by atoms with Crippen LogP contribution in [0.25, 0.3) is 0 Å². The summed E-state index contributed by atoms with van der Waals surface area (Å²) in [6.07, 6.45) is 0. The van der Waals surface area contributed by atoms with E-state index in [0.29, 0.717) is 28.5 Å². The molecule has 2 rings (SSSR count). The summed E-state index contributed by atoms with van der Waals surface area (Å²) in [7, 11) is 4.42. The lowest BCUT2D eigenvalue weighted by Gasteiger charge is -2.14. The third-order valence-corrected chi connectivity index (χ3v) is 3.84. The second-order valence-corrected chi connectivity index (χ2v) is 6.02. The van der Waals surface area contributed by atoms with Gasteiger partial charge in [0, 0.05) is 11.3 Å². The number of nitrogens with one attached hydrogen (secondary N) is 2. The molecule has 0 aromatic heterocycles. The topological polar surface area (TPSA) is 85.9 Å². The SMILES string of the molecule is COc1cc(C(=O)NCC(=O)Nc2cc(C)cc(C)c2)cc(OC)c1OC. The summed E-state index contributed by atoms with van der Waals surface area (Å²) in [5, 5.41) is 5.36. The number of aryl methyl sites for hydroxylation is 2. The number of ether oxygens (including phenoxy) is 3. The van der Waals surface area contributed by atoms with E-state index in [1.165, 1.54) is 33.5 Å². The summed E-state index contributed by atoms with van der Waals surface area (Å²) in [4.78, 5) is 24.5. The van der Waals surface area contributed by atoms with Crippen molar-refractivity contribution in [2.24, 2.45) is 0 Å². The van der Waals surface area contributed by atoms with Gasteiger partial charge in [-0.05, 0) is 49.2 Å². The lowest BCUT2D eigenvalue weighted by Crippen LogP contribution is -2.32. The van der Waals surface area contributed by atoms with Gasteiger partial charge < -0.3 is 24.8 Å². The van der Waals surface area contributed by atoms with Crippen LogP contribution in [0, 0.1) is 13.8 Å². The zero-order chi connectivity index (χ0) is 20.0. The maximum absolute atomic E-state index is 12.4. The molecule has 0 saturated heterocycles. The summed E-state index contributed by atoms with van der Waals surface area (Å²) < 4.78 is 15.7. The molecule has 2 aromatic rings. The Morgan fingerprint density at radius 1 is 0.852 bits per heavy atom. The Morgan fingerprint density at radius 3 is 1.89 bits per heavy atom. The summed E-state index contributed by atoms with van der Waals surface area (Å²) in [6, 6.07) is 8.80. The maximum atomic E-state index is 12.4. The predicted octanol–water partition coefficient (Wildman–Crippen LogP) is 2.70. The molecule has 0 aliphatic rings. The molecule has 0 saturated carbocycles. The van der Waals surface area contributed by atoms with Gasteiger partial charge in [-0.25, -0.2) is 0 Å². The number of anilines is 1. The standard InChI is InChI=1S/C20H24N2O5/c1-12-6-13(2)8-15(7-12)22-18(23)11-21-20(24)14-9-16(25-3)19(27-5)17(10-14)26-4/h6-10H,11H2,1-5H3,(H,21,24)(H,22,23). The number of carbonyl (C=O) groups excluding carboxylic acids is 2. The highest BCUT2D eigenvalue weighted by Gasteiger charge is 2.17. The van der Waals surface area contributed by atoms with Crippen LogP contribution < -0.4 is 24.8 Å². The number of hydrogen-bond acceptors (Lipinski definition) is 5. The van der Waals surface area contributed by atoms with Crippen LogP contribution in [0.2, 0.25) is 0 Å². The van der Waals surface area contributed by atoms with Crippen molar-refractivity contribution < 1.29 is 23.8 Å². The first kappa shape index (κ1) is 20.1. The molecule has 0 radical (unpaired) electrons. The van der Waals surface area contributed by atoms with E-state index in [1.54, 1.807) is 0 Å². The minimum atomic E-state index is -0.426. The molecule has 0 bridgehead atoms. The lowest BCUT2D eigenvalue weighted by atomic mass is 10.1. The Bertz CT molecular complexity index is 803. The van der Waals surface area contributed by atoms with Gasteiger partial charge in [-0.2, -0.15) is 0 Å². The number of hydrogen-bond donors (Lipinski definition) is 2. The number of carbonyl (C=O) groups is 2. The van der Waals surface area contributed by atoms with Crippen LogP contribution in [0.15, 0.2) is 30.3 Å². The maximum Gasteiger partial charge on any atom is 0.251 e. The monoisotopic (exact) mass is 372 g/mol. The molecule has 0 aliphatic carbocycles. The van der Waals surface area contributed by atoms with E-state index < -0.39 is 5.91 Å². The van der Waals surface area contributed by atoms with Crippen molar-refractivity contribution in [3.8, 4) is 17.2 Å². The van der Waals surface area contributed by atoms with E-state index in [9.17, 15) is 9.59 Å². The second-order valence-electron chi connectivity index (χ2n) is 6.02. The Morgan fingerprint density at radius 2 is 1.41 bits per heavy atom. The quantitative estimate of drug-likeness (QED) is 0.780. The Hall–Kier alpha value is -3.22. The van der Waals surface area contributed by atoms with Gasteiger partial charge in [0.1, 0.15) is 0 Å². The molecule has 2 N–H and O–H groups in total. The zero-order valence-electron chi connectivity index (χ0n) is 16.1. The highest BCUT2D eigenvalue weighted by Crippen LogP contribution is 2.38. The molecule has 0 unspecified atom stereocenters. The summed E-state index contributed by atoms with van der Waals surface area (Å²) in [6.45, 7) is 3.74. The van der Waals surface area contributed by atoms with Crippen molar-refractivity contribution in [3.05, 3.63) is 47.0 Å². The molecule has 0 spiro atoms. The van der Waals surface area contributed by atoms with Crippen molar-refractivity contribution in [3.63, 3.8) is 0 Å². The van der Waals surface area contributed by atoms with E-state index in [4.69, 9.17) is 14.2 Å². The van der Waals surface area contributed by atoms with Crippen LogP contribution in [0.1, 0.15) is 21.5 Å². The first-order chi connectivity index (χ1) is 12.9. The molecule has 27 heavy (non-hydrogen) atoms. The number of amides is 2. The fraction of sp³-hybridized carbons (Fsp3) is 0.300. The molecule has 0 heterocycles. The third kappa shape index (κ3) is 5.13. The van der Waals surface area contributed by atoms with Crippen LogP contribution >= 0.6 is 0 Å². The van der Waals surface area contributed by atoms with Gasteiger partial charge in [0.25, 0.3) is 5.91 Å². The molecule has 2 aromatic carbocycles. The lowest BCUT2D eigenvalue weighted by molar-refractivity contribution is -0.115. The average Bonchev–Trinajstić information content (AvgIpc) is 2.63. The van der Waals surface area contributed by atoms with E-state index in [0.717, 1.165) is 11.1 Å². The minimum absolute atomic E-state index is 0.164. The van der Waals surface area contributed by atoms with Crippen molar-refractivity contribution in [1.82, 2.24) is 5.32 Å². The Kier molecular flexibility index (Phi) is 6.65. The highest BCUT2D eigenvalue weighted by atomic mass is 16.5. The normalized spacial score (nSPS) is 10.1. The third-order valence-electron chi connectivity index (χ3n) is 3.84. The van der Waals surface area contributed by atoms with Crippen molar-refractivity contribution in [2.75, 3.05) is 33.2 Å². The number of methoxy groups -OCH3 is 3. The second kappa shape index (κ2) is 8.93. The largest absolute Gasteiger partial charge is 0.493 e. The molecule has 7 nitrogen and oxygen atoms in total. The fourth-order valence-electron chi connectivity index (χ4n) is 2.73. The molecular formula is C20H24N2O5. The average molecular weight is 372 g/mol. The summed E-state index contributed by atoms with van der Waals surface area (Å²) >= 11 is 0. The summed E-state index contributed by atoms with van der Waals surface area (Å²) in [5.74, 6) is 0.373. The van der Waals surface area contributed by atoms with E-state index >= 15 is 0 Å². The van der Waals surface area contributed by atoms with Gasteiger partial charge in [-0.15, -0.1) is 0 Å². The smallest absolute Gasteiger partial charge is 0.251 e. The molecule has 7 heteroatoms. The Labute approximate surface area is 158 Å². The molecule has 0 atom stereocenters. The van der Waals surface area contributed by atoms with E-state index in [2.05, 4.69) is 10.6 Å². The van der Waals surface area contributed by atoms with E-state index in [-0.39, 0.29) is 12.5 Å². The van der Waals surface area contributed by atoms with Crippen LogP contribution in [0.3, 0.4) is 0 Å². The predicted molar refractivity (Wildman–Crippen MR) is 103 cm³/mol. The number of rotatable bonds is 7. The molecular weight excluding hydrogens is 348 g/mol. The minimum Gasteiger partial charge on any atom is -0.493 e. The van der Waals surface area contributed by atoms with Crippen molar-refractivity contribution in [1.29, 1.82) is 0 Å². The fourth-order valence-corrected chi connectivity index (χ4v) is 2.73. The molecule has 0 aliphatic heterocycles. The molecule has 144 valence electrons. The van der Waals surface area contributed by atoms with Gasteiger partial charge >= 0.3 is 0 Å². The van der Waals surface area contributed by atoms with Crippen LogP contribution in [-0.2, 0) is 4.79 Å². The first-order valence-electron chi connectivity index (χ1n) is 8.34. The van der Waals surface area contributed by atoms with Gasteiger partial charge in [-0.3, -0.25) is 9.59 Å². The highest BCUT2D eigenvalue weighted by molar-refractivity contribution is 6.00. The van der Waals surface area contributed by atoms with Crippen molar-refractivity contribution >= 4 is 17.5 Å². The summed E-state index contributed by atoms with van der Waals surface area (Å²) in [5.41, 5.74) is 3.08. The first-order valence-corrected chi connectivity index (χ1v) is 8.34. The Balaban J connectivity index is 2.05. The molecule has 0 fully saturated rings. The van der Waals surface area contributed by atoms with Gasteiger partial charge in [-0.1, -0.05) is 6.07 Å². The van der Waals surface area contributed by atoms with Gasteiger partial charge in [0.15, 0.2) is 11.5 Å². The zero-order valence-corrected chi connectivity index (χ0v) is 16.1. The van der Waals surface area contributed by atoms with Crippen LogP contribution in [0.4, 0.5) is 5.69 Å². The van der Waals surface area contributed by atoms with Crippen LogP contribution in [-0.4, -0.2) is 39.7 Å². The van der Waals surface area contributed by atoms with Crippen LogP contribution in [0.5, 0.6) is 17.2 Å². The van der Waals surface area contributed by atoms with Crippen molar-refractivity contribution in [2.45, 2.75) is 13.8 Å². The van der Waals surface area contributed by atoms with Gasteiger partial charge in [0.2, 0.25) is 11.7 Å². The molecule has 2 amide bonds. The van der Waals surface area contributed by atoms with E-state index in [1.807, 2.05) is 32.0 Å².